The van der Waals surface area contributed by atoms with Gasteiger partial charge in [0.15, 0.2) is 11.5 Å². The van der Waals surface area contributed by atoms with Crippen molar-refractivity contribution in [3.63, 3.8) is 0 Å². The van der Waals surface area contributed by atoms with E-state index in [1.54, 1.807) is 36.4 Å². The fourth-order valence-corrected chi connectivity index (χ4v) is 3.34. The van der Waals surface area contributed by atoms with Crippen molar-refractivity contribution >= 4 is 35.1 Å². The fourth-order valence-electron chi connectivity index (χ4n) is 3.34. The van der Waals surface area contributed by atoms with Crippen LogP contribution >= 0.6 is 0 Å². The topological polar surface area (TPSA) is 154 Å². The molecule has 1 heterocycles. The van der Waals surface area contributed by atoms with Gasteiger partial charge in [0.2, 0.25) is 5.75 Å². The average Bonchev–Trinajstić information content (AvgIpc) is 3.12. The van der Waals surface area contributed by atoms with E-state index in [1.807, 2.05) is 0 Å². The molecule has 1 N–H and O–H groups in total. The first-order chi connectivity index (χ1) is 16.8. The first-order valence-corrected chi connectivity index (χ1v) is 9.99. The van der Waals surface area contributed by atoms with E-state index in [9.17, 15) is 29.8 Å². The summed E-state index contributed by atoms with van der Waals surface area (Å²) in [4.78, 5) is 46.9. The van der Waals surface area contributed by atoms with Gasteiger partial charge in [0.05, 0.1) is 28.7 Å². The number of benzene rings is 3. The van der Waals surface area contributed by atoms with Gasteiger partial charge in [-0.05, 0) is 42.0 Å². The molecule has 3 aromatic rings. The number of amides is 3. The molecule has 0 bridgehead atoms. The molecule has 0 unspecified atom stereocenters. The molecular weight excluding hydrogens is 460 g/mol. The number of hydrogen-bond donors (Lipinski definition) is 1. The highest BCUT2D eigenvalue weighted by Gasteiger charge is 2.34. The number of non-ortho nitro benzene ring substituents is 1. The second-order valence-electron chi connectivity index (χ2n) is 7.14. The Labute approximate surface area is 197 Å². The Morgan fingerprint density at radius 2 is 1.60 bits per heavy atom. The molecular formula is C23H16N4O8. The number of ether oxygens (including phenoxy) is 2. The number of nitrogens with one attached hydrogen (secondary N) is 1. The number of rotatable bonds is 7. The lowest BCUT2D eigenvalue weighted by Crippen LogP contribution is -2.30. The summed E-state index contributed by atoms with van der Waals surface area (Å²) in [5.41, 5.74) is -0.102. The van der Waals surface area contributed by atoms with Crippen LogP contribution in [-0.2, 0) is 4.79 Å². The van der Waals surface area contributed by atoms with Crippen LogP contribution in [0.5, 0.6) is 17.2 Å². The number of carbonyl (C=O) groups is 2. The van der Waals surface area contributed by atoms with Crippen LogP contribution in [0.2, 0.25) is 0 Å². The Bertz CT molecular complexity index is 1390. The quantitative estimate of drug-likeness (QED) is 0.228. The summed E-state index contributed by atoms with van der Waals surface area (Å²) in [7, 11) is 1.35. The lowest BCUT2D eigenvalue weighted by Gasteiger charge is -2.12. The molecule has 1 aliphatic rings. The minimum atomic E-state index is -0.791. The molecule has 12 nitrogen and oxygen atoms in total. The normalized spacial score (nSPS) is 14.1. The molecule has 0 aromatic heterocycles. The Kier molecular flexibility index (Phi) is 6.10. The van der Waals surface area contributed by atoms with Crippen LogP contribution in [0.25, 0.3) is 6.08 Å². The first kappa shape index (κ1) is 22.9. The number of nitro benzene ring substituents is 2. The lowest BCUT2D eigenvalue weighted by atomic mass is 10.1. The predicted molar refractivity (Wildman–Crippen MR) is 123 cm³/mol. The summed E-state index contributed by atoms with van der Waals surface area (Å²) in [5, 5.41) is 24.8. The minimum Gasteiger partial charge on any atom is -0.493 e. The molecule has 176 valence electrons. The second kappa shape index (κ2) is 9.31. The van der Waals surface area contributed by atoms with Gasteiger partial charge in [-0.3, -0.25) is 25.0 Å². The molecule has 1 aliphatic heterocycles. The van der Waals surface area contributed by atoms with Gasteiger partial charge in [-0.2, -0.15) is 0 Å². The van der Waals surface area contributed by atoms with E-state index in [2.05, 4.69) is 5.32 Å². The number of nitrogens with zero attached hydrogens (tertiary/aromatic N) is 3. The summed E-state index contributed by atoms with van der Waals surface area (Å²) in [5.74, 6) is -0.494. The van der Waals surface area contributed by atoms with Gasteiger partial charge in [0, 0.05) is 6.07 Å². The number of hydrogen-bond acceptors (Lipinski definition) is 8. The van der Waals surface area contributed by atoms with E-state index < -0.39 is 33.2 Å². The van der Waals surface area contributed by atoms with Gasteiger partial charge in [0.1, 0.15) is 5.70 Å². The Morgan fingerprint density at radius 1 is 0.886 bits per heavy atom. The largest absolute Gasteiger partial charge is 0.493 e. The van der Waals surface area contributed by atoms with Crippen LogP contribution in [-0.4, -0.2) is 28.9 Å². The summed E-state index contributed by atoms with van der Waals surface area (Å²) >= 11 is 0. The van der Waals surface area contributed by atoms with E-state index >= 15 is 0 Å². The van der Waals surface area contributed by atoms with Crippen LogP contribution in [0, 0.1) is 20.2 Å². The number of anilines is 1. The van der Waals surface area contributed by atoms with E-state index in [4.69, 9.17) is 9.47 Å². The number of imide groups is 1. The number of urea groups is 1. The highest BCUT2D eigenvalue weighted by Crippen LogP contribution is 2.38. The molecule has 0 atom stereocenters. The zero-order chi connectivity index (χ0) is 25.1. The predicted octanol–water partition coefficient (Wildman–Crippen LogP) is 4.40. The Morgan fingerprint density at radius 3 is 2.26 bits per heavy atom. The average molecular weight is 476 g/mol. The van der Waals surface area contributed by atoms with Gasteiger partial charge in [-0.25, -0.2) is 9.69 Å². The molecule has 12 heteroatoms. The maximum atomic E-state index is 12.8. The van der Waals surface area contributed by atoms with E-state index in [0.29, 0.717) is 11.3 Å². The smallest absolute Gasteiger partial charge is 0.333 e. The Balaban J connectivity index is 1.62. The molecule has 0 aliphatic carbocycles. The van der Waals surface area contributed by atoms with Crippen molar-refractivity contribution < 1.29 is 28.9 Å². The van der Waals surface area contributed by atoms with Crippen molar-refractivity contribution in [3.8, 4) is 17.2 Å². The van der Waals surface area contributed by atoms with E-state index in [1.165, 1.54) is 25.3 Å². The van der Waals surface area contributed by atoms with Crippen LogP contribution in [0.15, 0.2) is 72.4 Å². The van der Waals surface area contributed by atoms with Gasteiger partial charge in [0.25, 0.3) is 11.6 Å². The van der Waals surface area contributed by atoms with Crippen molar-refractivity contribution in [1.29, 1.82) is 0 Å². The van der Waals surface area contributed by atoms with Crippen molar-refractivity contribution in [2.75, 3.05) is 12.0 Å². The fraction of sp³-hybridized carbons (Fsp3) is 0.0435. The molecule has 4 rings (SSSR count). The van der Waals surface area contributed by atoms with Crippen molar-refractivity contribution in [1.82, 2.24) is 5.32 Å². The van der Waals surface area contributed by atoms with E-state index in [-0.39, 0.29) is 22.9 Å². The number of methoxy groups -OCH3 is 1. The maximum absolute atomic E-state index is 12.8. The highest BCUT2D eigenvalue weighted by atomic mass is 16.6. The zero-order valence-corrected chi connectivity index (χ0v) is 18.0. The molecule has 0 spiro atoms. The molecule has 3 aromatic carbocycles. The maximum Gasteiger partial charge on any atom is 0.333 e. The summed E-state index contributed by atoms with van der Waals surface area (Å²) in [6.07, 6.45) is 1.45. The number of para-hydroxylation sites is 1. The van der Waals surface area contributed by atoms with Gasteiger partial charge >= 0.3 is 11.7 Å². The molecule has 3 amide bonds. The standard InChI is InChI=1S/C23H16N4O8/c1-34-21-12-14(11-17-22(28)25(23(29)24-17)15-5-3-2-4-6-15)7-9-20(21)35-19-10-8-16(26(30)31)13-18(19)27(32)33/h2-13H,1H3,(H,24,29)/b17-11+. The molecule has 0 radical (unpaired) electrons. The third-order valence-electron chi connectivity index (χ3n) is 4.96. The lowest BCUT2D eigenvalue weighted by molar-refractivity contribution is -0.394. The molecule has 1 fully saturated rings. The van der Waals surface area contributed by atoms with E-state index in [0.717, 1.165) is 23.1 Å². The van der Waals surface area contributed by atoms with Crippen molar-refractivity contribution in [3.05, 3.63) is 98.2 Å². The van der Waals surface area contributed by atoms with Crippen LogP contribution in [0.4, 0.5) is 21.9 Å². The van der Waals surface area contributed by atoms with Crippen LogP contribution in [0.1, 0.15) is 5.56 Å². The third-order valence-corrected chi connectivity index (χ3v) is 4.96. The molecule has 1 saturated heterocycles. The SMILES string of the molecule is COc1cc(/C=C2/NC(=O)N(c3ccccc3)C2=O)ccc1Oc1ccc([N+](=O)[O-])cc1[N+](=O)[O-]. The highest BCUT2D eigenvalue weighted by molar-refractivity contribution is 6.28. The molecule has 35 heavy (non-hydrogen) atoms. The third kappa shape index (κ3) is 4.61. The van der Waals surface area contributed by atoms with Gasteiger partial charge < -0.3 is 14.8 Å². The zero-order valence-electron chi connectivity index (χ0n) is 18.0. The van der Waals surface area contributed by atoms with Crippen LogP contribution < -0.4 is 19.7 Å². The number of nitro groups is 2. The Hall–Kier alpha value is -5.26. The molecule has 0 saturated carbocycles. The summed E-state index contributed by atoms with van der Waals surface area (Å²) < 4.78 is 10.9. The minimum absolute atomic E-state index is 0.0422. The number of carbonyl (C=O) groups excluding carboxylic acids is 2. The first-order valence-electron chi connectivity index (χ1n) is 9.99. The van der Waals surface area contributed by atoms with Crippen LogP contribution in [0.3, 0.4) is 0 Å². The summed E-state index contributed by atoms with van der Waals surface area (Å²) in [6, 6.07) is 15.4. The van der Waals surface area contributed by atoms with Gasteiger partial charge in [-0.1, -0.05) is 24.3 Å². The monoisotopic (exact) mass is 476 g/mol. The summed E-state index contributed by atoms with van der Waals surface area (Å²) in [6.45, 7) is 0. The second-order valence-corrected chi connectivity index (χ2v) is 7.14. The van der Waals surface area contributed by atoms with Crippen molar-refractivity contribution in [2.24, 2.45) is 0 Å². The van der Waals surface area contributed by atoms with Crippen molar-refractivity contribution in [2.45, 2.75) is 0 Å². The van der Waals surface area contributed by atoms with Gasteiger partial charge in [-0.15, -0.1) is 0 Å².